The third-order valence-electron chi connectivity index (χ3n) is 3.70. The first kappa shape index (κ1) is 18.8. The molecule has 0 unspecified atom stereocenters. The van der Waals surface area contributed by atoms with E-state index in [2.05, 4.69) is 10.3 Å². The number of carbonyl (C=O) groups excluding carboxylic acids is 1. The third kappa shape index (κ3) is 4.51. The van der Waals surface area contributed by atoms with Gasteiger partial charge in [-0.15, -0.1) is 11.3 Å². The number of rotatable bonds is 6. The minimum atomic E-state index is -0.526. The maximum Gasteiger partial charge on any atom is 0.282 e. The number of nitrogens with one attached hydrogen (secondary N) is 1. The third-order valence-corrected chi connectivity index (χ3v) is 4.58. The van der Waals surface area contributed by atoms with Crippen molar-refractivity contribution in [1.82, 2.24) is 10.3 Å². The van der Waals surface area contributed by atoms with Crippen LogP contribution in [0.5, 0.6) is 0 Å². The highest BCUT2D eigenvalue weighted by Gasteiger charge is 2.22. The summed E-state index contributed by atoms with van der Waals surface area (Å²) in [6.45, 7) is 8.11. The summed E-state index contributed by atoms with van der Waals surface area (Å²) in [4.78, 5) is 28.7. The summed E-state index contributed by atoms with van der Waals surface area (Å²) in [5, 5.41) is 15.1. The molecule has 25 heavy (non-hydrogen) atoms. The number of carbonyl (C=O) groups is 1. The molecule has 0 aliphatic heterocycles. The van der Waals surface area contributed by atoms with E-state index in [-0.39, 0.29) is 11.3 Å². The van der Waals surface area contributed by atoms with Gasteiger partial charge in [0.2, 0.25) is 0 Å². The van der Waals surface area contributed by atoms with E-state index in [1.165, 1.54) is 23.5 Å². The second kappa shape index (κ2) is 8.02. The zero-order chi connectivity index (χ0) is 18.6. The average molecular weight is 359 g/mol. The van der Waals surface area contributed by atoms with E-state index in [0.29, 0.717) is 12.1 Å². The number of nitro groups is 1. The van der Waals surface area contributed by atoms with Crippen molar-refractivity contribution < 1.29 is 9.72 Å². The van der Waals surface area contributed by atoms with Crippen molar-refractivity contribution in [3.05, 3.63) is 55.4 Å². The molecule has 6 nitrogen and oxygen atoms in total. The Morgan fingerprint density at radius 2 is 2.12 bits per heavy atom. The molecule has 0 bridgehead atoms. The molecule has 1 aromatic heterocycles. The summed E-state index contributed by atoms with van der Waals surface area (Å²) in [6.07, 6.45) is 2.88. The average Bonchev–Trinajstić information content (AvgIpc) is 2.90. The zero-order valence-corrected chi connectivity index (χ0v) is 15.6. The number of aromatic nitrogens is 1. The smallest absolute Gasteiger partial charge is 0.282 e. The van der Waals surface area contributed by atoms with E-state index < -0.39 is 10.8 Å². The fourth-order valence-electron chi connectivity index (χ4n) is 2.55. The predicted octanol–water partition coefficient (Wildman–Crippen LogP) is 4.42. The number of allylic oxidation sites excluding steroid dienone is 1. The number of nitro benzene ring substituents is 1. The number of aryl methyl sites for hydroxylation is 2. The Labute approximate surface area is 150 Å². The largest absolute Gasteiger partial charge is 0.348 e. The lowest BCUT2D eigenvalue weighted by molar-refractivity contribution is -0.385. The molecular weight excluding hydrogens is 338 g/mol. The van der Waals surface area contributed by atoms with Crippen molar-refractivity contribution in [1.29, 1.82) is 0 Å². The normalized spacial score (nSPS) is 11.4. The summed E-state index contributed by atoms with van der Waals surface area (Å²) in [7, 11) is 0. The molecule has 1 heterocycles. The van der Waals surface area contributed by atoms with E-state index >= 15 is 0 Å². The van der Waals surface area contributed by atoms with E-state index in [0.717, 1.165) is 27.6 Å². The summed E-state index contributed by atoms with van der Waals surface area (Å²) in [5.74, 6) is -0.451. The standard InChI is InChI=1S/C18H21N3O3S/c1-5-6-11(2)10-19-18(22)15-8-7-14(9-16(15)21(23)24)17-12(3)25-13(4)20-17/h6-9H,5,10H2,1-4H3,(H,19,22)/b11-6+. The summed E-state index contributed by atoms with van der Waals surface area (Å²) < 4.78 is 0. The van der Waals surface area contributed by atoms with Crippen molar-refractivity contribution in [2.75, 3.05) is 6.54 Å². The number of amides is 1. The van der Waals surface area contributed by atoms with Crippen LogP contribution in [-0.2, 0) is 0 Å². The molecule has 0 aliphatic carbocycles. The Hall–Kier alpha value is -2.54. The van der Waals surface area contributed by atoms with Gasteiger partial charge in [0.25, 0.3) is 11.6 Å². The number of thiazole rings is 1. The van der Waals surface area contributed by atoms with Crippen molar-refractivity contribution in [3.63, 3.8) is 0 Å². The number of hydrogen-bond donors (Lipinski definition) is 1. The van der Waals surface area contributed by atoms with Crippen LogP contribution < -0.4 is 5.32 Å². The molecule has 1 N–H and O–H groups in total. The number of hydrogen-bond acceptors (Lipinski definition) is 5. The molecule has 0 fully saturated rings. The highest BCUT2D eigenvalue weighted by Crippen LogP contribution is 2.31. The molecule has 132 valence electrons. The quantitative estimate of drug-likeness (QED) is 0.470. The van der Waals surface area contributed by atoms with Crippen LogP contribution in [0.25, 0.3) is 11.3 Å². The molecule has 0 aliphatic rings. The topological polar surface area (TPSA) is 85.1 Å². The van der Waals surface area contributed by atoms with Crippen molar-refractivity contribution in [3.8, 4) is 11.3 Å². The Morgan fingerprint density at radius 1 is 1.40 bits per heavy atom. The lowest BCUT2D eigenvalue weighted by Gasteiger charge is -2.07. The second-order valence-corrected chi connectivity index (χ2v) is 7.18. The Balaban J connectivity index is 2.33. The highest BCUT2D eigenvalue weighted by molar-refractivity contribution is 7.11. The van der Waals surface area contributed by atoms with Gasteiger partial charge in [0.1, 0.15) is 5.56 Å². The van der Waals surface area contributed by atoms with Gasteiger partial charge >= 0.3 is 0 Å². The molecule has 0 atom stereocenters. The monoisotopic (exact) mass is 359 g/mol. The first-order valence-corrected chi connectivity index (χ1v) is 8.81. The fourth-order valence-corrected chi connectivity index (χ4v) is 3.39. The van der Waals surface area contributed by atoms with Gasteiger partial charge < -0.3 is 5.32 Å². The maximum absolute atomic E-state index is 12.3. The lowest BCUT2D eigenvalue weighted by Crippen LogP contribution is -2.25. The first-order valence-electron chi connectivity index (χ1n) is 8.00. The van der Waals surface area contributed by atoms with E-state index in [1.807, 2.05) is 33.8 Å². The molecule has 2 rings (SSSR count). The molecule has 0 saturated carbocycles. The van der Waals surface area contributed by atoms with E-state index in [1.54, 1.807) is 6.07 Å². The minimum absolute atomic E-state index is 0.0580. The Kier molecular flexibility index (Phi) is 6.03. The number of nitrogens with zero attached hydrogens (tertiary/aromatic N) is 2. The molecule has 1 amide bonds. The molecular formula is C18H21N3O3S. The van der Waals surface area contributed by atoms with Crippen LogP contribution >= 0.6 is 11.3 Å². The predicted molar refractivity (Wildman–Crippen MR) is 100 cm³/mol. The maximum atomic E-state index is 12.3. The Bertz CT molecular complexity index is 840. The van der Waals surface area contributed by atoms with Crippen LogP contribution in [0, 0.1) is 24.0 Å². The van der Waals surface area contributed by atoms with Gasteiger partial charge in [-0.2, -0.15) is 0 Å². The van der Waals surface area contributed by atoms with Gasteiger partial charge in [-0.3, -0.25) is 14.9 Å². The van der Waals surface area contributed by atoms with Gasteiger partial charge in [0.15, 0.2) is 0 Å². The molecule has 0 saturated heterocycles. The second-order valence-electron chi connectivity index (χ2n) is 5.77. The molecule has 1 aromatic carbocycles. The molecule has 0 spiro atoms. The highest BCUT2D eigenvalue weighted by atomic mass is 32.1. The van der Waals surface area contributed by atoms with Crippen molar-refractivity contribution >= 4 is 22.9 Å². The SMILES string of the molecule is CC/C=C(\C)CNC(=O)c1ccc(-c2nc(C)sc2C)cc1[N+](=O)[O-]. The fraction of sp³-hybridized carbons (Fsp3) is 0.333. The van der Waals surface area contributed by atoms with Gasteiger partial charge in [-0.25, -0.2) is 4.98 Å². The summed E-state index contributed by atoms with van der Waals surface area (Å²) >= 11 is 1.54. The molecule has 2 aromatic rings. The molecule has 7 heteroatoms. The summed E-state index contributed by atoms with van der Waals surface area (Å²) in [5.41, 5.74) is 2.23. The van der Waals surface area contributed by atoms with Crippen LogP contribution in [0.3, 0.4) is 0 Å². The van der Waals surface area contributed by atoms with Crippen LogP contribution in [0.15, 0.2) is 29.8 Å². The Morgan fingerprint density at radius 3 is 2.68 bits per heavy atom. The van der Waals surface area contributed by atoms with Crippen molar-refractivity contribution in [2.45, 2.75) is 34.1 Å². The number of benzene rings is 1. The van der Waals surface area contributed by atoms with Crippen LogP contribution in [0.4, 0.5) is 5.69 Å². The zero-order valence-electron chi connectivity index (χ0n) is 14.8. The molecule has 0 radical (unpaired) electrons. The van der Waals surface area contributed by atoms with Crippen LogP contribution in [0.1, 0.15) is 40.5 Å². The van der Waals surface area contributed by atoms with Gasteiger partial charge in [-0.05, 0) is 33.3 Å². The van der Waals surface area contributed by atoms with Crippen LogP contribution in [0.2, 0.25) is 0 Å². The van der Waals surface area contributed by atoms with Gasteiger partial charge in [-0.1, -0.05) is 24.6 Å². The minimum Gasteiger partial charge on any atom is -0.348 e. The van der Waals surface area contributed by atoms with E-state index in [4.69, 9.17) is 0 Å². The van der Waals surface area contributed by atoms with Gasteiger partial charge in [0.05, 0.1) is 15.6 Å². The lowest BCUT2D eigenvalue weighted by atomic mass is 10.1. The first-order chi connectivity index (χ1) is 11.8. The van der Waals surface area contributed by atoms with Gasteiger partial charge in [0, 0.05) is 23.1 Å². The summed E-state index contributed by atoms with van der Waals surface area (Å²) in [6, 6.07) is 4.62. The van der Waals surface area contributed by atoms with E-state index in [9.17, 15) is 14.9 Å². The van der Waals surface area contributed by atoms with Crippen molar-refractivity contribution in [2.24, 2.45) is 0 Å². The van der Waals surface area contributed by atoms with Crippen LogP contribution in [-0.4, -0.2) is 22.4 Å².